The zero-order valence-electron chi connectivity index (χ0n) is 10.8. The van der Waals surface area contributed by atoms with Crippen molar-refractivity contribution in [2.45, 2.75) is 25.9 Å². The second-order valence-electron chi connectivity index (χ2n) is 4.75. The molecule has 0 radical (unpaired) electrons. The van der Waals surface area contributed by atoms with Crippen molar-refractivity contribution in [1.82, 2.24) is 5.32 Å². The van der Waals surface area contributed by atoms with Gasteiger partial charge in [0.25, 0.3) is 5.91 Å². The fraction of sp³-hybridized carbons (Fsp3) is 0.385. The van der Waals surface area contributed by atoms with Crippen molar-refractivity contribution >= 4 is 11.9 Å². The van der Waals surface area contributed by atoms with Gasteiger partial charge in [0.1, 0.15) is 5.75 Å². The Morgan fingerprint density at radius 3 is 2.53 bits per heavy atom. The number of carboxylic acid groups (broad SMARTS) is 1. The van der Waals surface area contributed by atoms with Crippen LogP contribution in [0, 0.1) is 6.92 Å². The van der Waals surface area contributed by atoms with Gasteiger partial charge in [-0.25, -0.2) is 0 Å². The van der Waals surface area contributed by atoms with Crippen LogP contribution in [0.5, 0.6) is 5.75 Å². The SMILES string of the molecule is Cc1ccc(C(=O)NCC(C)(O)CC(=O)O)cc1O. The summed E-state index contributed by atoms with van der Waals surface area (Å²) in [5.74, 6) is -1.63. The topological polar surface area (TPSA) is 107 Å². The summed E-state index contributed by atoms with van der Waals surface area (Å²) < 4.78 is 0. The molecule has 1 amide bonds. The zero-order valence-corrected chi connectivity index (χ0v) is 10.8. The number of phenols is 1. The maximum Gasteiger partial charge on any atom is 0.306 e. The molecule has 6 heteroatoms. The van der Waals surface area contributed by atoms with E-state index < -0.39 is 23.9 Å². The van der Waals surface area contributed by atoms with E-state index in [0.29, 0.717) is 5.56 Å². The highest BCUT2D eigenvalue weighted by atomic mass is 16.4. The van der Waals surface area contributed by atoms with E-state index in [9.17, 15) is 19.8 Å². The second kappa shape index (κ2) is 5.71. The quantitative estimate of drug-likeness (QED) is 0.627. The van der Waals surface area contributed by atoms with Crippen LogP contribution < -0.4 is 5.32 Å². The molecule has 0 bridgehead atoms. The summed E-state index contributed by atoms with van der Waals surface area (Å²) in [6, 6.07) is 4.45. The standard InChI is InChI=1S/C13H17NO5/c1-8-3-4-9(5-10(8)15)12(18)14-7-13(2,19)6-11(16)17/h3-5,15,19H,6-7H2,1-2H3,(H,14,18)(H,16,17). The lowest BCUT2D eigenvalue weighted by Gasteiger charge is -2.21. The smallest absolute Gasteiger partial charge is 0.306 e. The third-order valence-electron chi connectivity index (χ3n) is 2.63. The van der Waals surface area contributed by atoms with Gasteiger partial charge in [0.15, 0.2) is 0 Å². The minimum absolute atomic E-state index is 0.00458. The van der Waals surface area contributed by atoms with Gasteiger partial charge in [0.2, 0.25) is 0 Å². The first kappa shape index (κ1) is 15.0. The maximum absolute atomic E-state index is 11.8. The summed E-state index contributed by atoms with van der Waals surface area (Å²) in [5, 5.41) is 30.2. The van der Waals surface area contributed by atoms with E-state index in [4.69, 9.17) is 5.11 Å². The van der Waals surface area contributed by atoms with Gasteiger partial charge in [-0.1, -0.05) is 6.07 Å². The Kier molecular flexibility index (Phi) is 4.50. The molecule has 0 spiro atoms. The molecule has 1 unspecified atom stereocenters. The fourth-order valence-corrected chi connectivity index (χ4v) is 1.51. The molecule has 1 aromatic rings. The van der Waals surface area contributed by atoms with Crippen molar-refractivity contribution in [2.24, 2.45) is 0 Å². The lowest BCUT2D eigenvalue weighted by molar-refractivity contribution is -0.141. The van der Waals surface area contributed by atoms with Crippen molar-refractivity contribution in [3.8, 4) is 5.75 Å². The van der Waals surface area contributed by atoms with Crippen LogP contribution in [0.25, 0.3) is 0 Å². The number of nitrogens with one attached hydrogen (secondary N) is 1. The summed E-state index contributed by atoms with van der Waals surface area (Å²) in [4.78, 5) is 22.3. The number of hydrogen-bond donors (Lipinski definition) is 4. The monoisotopic (exact) mass is 267 g/mol. The molecule has 0 aliphatic carbocycles. The molecule has 6 nitrogen and oxygen atoms in total. The van der Waals surface area contributed by atoms with E-state index >= 15 is 0 Å². The largest absolute Gasteiger partial charge is 0.508 e. The number of hydrogen-bond acceptors (Lipinski definition) is 4. The molecule has 104 valence electrons. The molecule has 0 aliphatic heterocycles. The van der Waals surface area contributed by atoms with E-state index in [1.165, 1.54) is 19.1 Å². The van der Waals surface area contributed by atoms with Gasteiger partial charge in [-0.15, -0.1) is 0 Å². The number of carbonyl (C=O) groups excluding carboxylic acids is 1. The van der Waals surface area contributed by atoms with Crippen molar-refractivity contribution in [3.05, 3.63) is 29.3 Å². The van der Waals surface area contributed by atoms with E-state index in [2.05, 4.69) is 5.32 Å². The Morgan fingerprint density at radius 2 is 2.00 bits per heavy atom. The van der Waals surface area contributed by atoms with E-state index in [1.807, 2.05) is 0 Å². The summed E-state index contributed by atoms with van der Waals surface area (Å²) in [6.07, 6.45) is -0.466. The Bertz CT molecular complexity index is 496. The van der Waals surface area contributed by atoms with Crippen LogP contribution in [-0.4, -0.2) is 39.3 Å². The van der Waals surface area contributed by atoms with Crippen LogP contribution in [0.2, 0.25) is 0 Å². The summed E-state index contributed by atoms with van der Waals surface area (Å²) in [6.45, 7) is 2.84. The Labute approximate surface area is 110 Å². The lowest BCUT2D eigenvalue weighted by atomic mass is 10.0. The first-order valence-electron chi connectivity index (χ1n) is 5.73. The van der Waals surface area contributed by atoms with E-state index in [0.717, 1.165) is 0 Å². The van der Waals surface area contributed by atoms with Gasteiger partial charge in [0.05, 0.1) is 12.0 Å². The van der Waals surface area contributed by atoms with Gasteiger partial charge in [0, 0.05) is 12.1 Å². The van der Waals surface area contributed by atoms with Crippen molar-refractivity contribution in [3.63, 3.8) is 0 Å². The minimum Gasteiger partial charge on any atom is -0.508 e. The number of benzene rings is 1. The van der Waals surface area contributed by atoms with Crippen molar-refractivity contribution < 1.29 is 24.9 Å². The van der Waals surface area contributed by atoms with Crippen LogP contribution in [0.3, 0.4) is 0 Å². The molecular weight excluding hydrogens is 250 g/mol. The number of aliphatic carboxylic acids is 1. The number of amides is 1. The third-order valence-corrected chi connectivity index (χ3v) is 2.63. The zero-order chi connectivity index (χ0) is 14.6. The first-order valence-corrected chi connectivity index (χ1v) is 5.73. The number of carbonyl (C=O) groups is 2. The number of phenolic OH excluding ortho intramolecular Hbond substituents is 1. The highest BCUT2D eigenvalue weighted by molar-refractivity contribution is 5.94. The molecular formula is C13H17NO5. The first-order chi connectivity index (χ1) is 8.71. The Hall–Kier alpha value is -2.08. The molecule has 1 atom stereocenters. The maximum atomic E-state index is 11.8. The molecule has 19 heavy (non-hydrogen) atoms. The average molecular weight is 267 g/mol. The molecule has 0 fully saturated rings. The van der Waals surface area contributed by atoms with Gasteiger partial charge < -0.3 is 20.6 Å². The predicted octanol–water partition coefficient (Wildman–Crippen LogP) is 0.656. The number of rotatable bonds is 5. The van der Waals surface area contributed by atoms with E-state index in [1.54, 1.807) is 13.0 Å². The summed E-state index contributed by atoms with van der Waals surface area (Å²) in [5.41, 5.74) is -0.627. The molecule has 0 aromatic heterocycles. The second-order valence-corrected chi connectivity index (χ2v) is 4.75. The van der Waals surface area contributed by atoms with Crippen LogP contribution in [0.1, 0.15) is 29.3 Å². The Morgan fingerprint density at radius 1 is 1.37 bits per heavy atom. The lowest BCUT2D eigenvalue weighted by Crippen LogP contribution is -2.42. The minimum atomic E-state index is -1.52. The van der Waals surface area contributed by atoms with Crippen LogP contribution in [0.4, 0.5) is 0 Å². The van der Waals surface area contributed by atoms with Crippen LogP contribution in [0.15, 0.2) is 18.2 Å². The molecule has 4 N–H and O–H groups in total. The van der Waals surface area contributed by atoms with Crippen LogP contribution >= 0.6 is 0 Å². The van der Waals surface area contributed by atoms with Gasteiger partial charge in [-0.3, -0.25) is 9.59 Å². The van der Waals surface area contributed by atoms with Crippen molar-refractivity contribution in [2.75, 3.05) is 6.54 Å². The molecule has 0 saturated heterocycles. The van der Waals surface area contributed by atoms with E-state index in [-0.39, 0.29) is 17.9 Å². The van der Waals surface area contributed by atoms with Gasteiger partial charge >= 0.3 is 5.97 Å². The number of carboxylic acids is 1. The predicted molar refractivity (Wildman–Crippen MR) is 68.1 cm³/mol. The highest BCUT2D eigenvalue weighted by Gasteiger charge is 2.25. The number of aliphatic hydroxyl groups is 1. The number of aromatic hydroxyl groups is 1. The highest BCUT2D eigenvalue weighted by Crippen LogP contribution is 2.17. The van der Waals surface area contributed by atoms with Gasteiger partial charge in [-0.2, -0.15) is 0 Å². The average Bonchev–Trinajstić information content (AvgIpc) is 2.28. The third kappa shape index (κ3) is 4.59. The summed E-state index contributed by atoms with van der Waals surface area (Å²) in [7, 11) is 0. The molecule has 0 heterocycles. The molecule has 1 aromatic carbocycles. The van der Waals surface area contributed by atoms with Crippen LogP contribution in [-0.2, 0) is 4.79 Å². The van der Waals surface area contributed by atoms with Crippen molar-refractivity contribution in [1.29, 1.82) is 0 Å². The summed E-state index contributed by atoms with van der Waals surface area (Å²) >= 11 is 0. The van der Waals surface area contributed by atoms with Gasteiger partial charge in [-0.05, 0) is 31.5 Å². The molecule has 0 saturated carbocycles. The fourth-order valence-electron chi connectivity index (χ4n) is 1.51. The Balaban J connectivity index is 2.65. The molecule has 1 rings (SSSR count). The molecule has 0 aliphatic rings. The normalized spacial score (nSPS) is 13.6. The number of aryl methyl sites for hydroxylation is 1.